The molecule has 1 rings (SSSR count). The molecule has 0 heterocycles. The van der Waals surface area contributed by atoms with E-state index < -0.39 is 6.10 Å². The molecule has 0 aromatic heterocycles. The van der Waals surface area contributed by atoms with Crippen LogP contribution in [0.3, 0.4) is 0 Å². The third kappa shape index (κ3) is 3.00. The summed E-state index contributed by atoms with van der Waals surface area (Å²) in [5.74, 6) is 4.75. The fourth-order valence-electron chi connectivity index (χ4n) is 1.15. The Morgan fingerprint density at radius 2 is 2.00 bits per heavy atom. The summed E-state index contributed by atoms with van der Waals surface area (Å²) in [6.45, 7) is 1.72. The molecule has 2 N–H and O–H groups in total. The average Bonchev–Trinajstić information content (AvgIpc) is 2.26. The fourth-order valence-corrected chi connectivity index (χ4v) is 1.15. The average molecular weight is 212 g/mol. The van der Waals surface area contributed by atoms with E-state index in [1.165, 1.54) is 19.2 Å². The van der Waals surface area contributed by atoms with E-state index >= 15 is 0 Å². The molecule has 1 aromatic rings. The molecule has 1 aromatic carbocycles. The van der Waals surface area contributed by atoms with Gasteiger partial charge in [-0.3, -0.25) is 4.84 Å². The number of rotatable bonds is 4. The lowest BCUT2D eigenvalue weighted by Gasteiger charge is -2.11. The maximum Gasteiger partial charge on any atom is 0.123 e. The van der Waals surface area contributed by atoms with Gasteiger partial charge in [-0.25, -0.2) is 10.3 Å². The highest BCUT2D eigenvalue weighted by Gasteiger charge is 2.13. The Balaban J connectivity index is 2.99. The summed E-state index contributed by atoms with van der Waals surface area (Å²) >= 11 is 0. The molecule has 15 heavy (non-hydrogen) atoms. The minimum absolute atomic E-state index is 0.308. The van der Waals surface area contributed by atoms with Crippen LogP contribution in [0.5, 0.6) is 0 Å². The largest absolute Gasteiger partial charge is 0.399 e. The van der Waals surface area contributed by atoms with Crippen LogP contribution >= 0.6 is 0 Å². The van der Waals surface area contributed by atoms with Gasteiger partial charge < -0.3 is 4.84 Å². The summed E-state index contributed by atoms with van der Waals surface area (Å²) in [5, 5.41) is 3.78. The van der Waals surface area contributed by atoms with E-state index in [1.54, 1.807) is 19.1 Å². The Bertz CT molecular complexity index is 338. The van der Waals surface area contributed by atoms with E-state index in [1.807, 2.05) is 0 Å². The van der Waals surface area contributed by atoms with Gasteiger partial charge in [0.15, 0.2) is 0 Å². The number of oxime groups is 1. The van der Waals surface area contributed by atoms with Gasteiger partial charge in [0.05, 0.1) is 0 Å². The first-order chi connectivity index (χ1) is 7.19. The molecule has 0 saturated heterocycles. The maximum absolute atomic E-state index is 12.7. The number of nitrogens with two attached hydrogens (primary N) is 1. The first-order valence-electron chi connectivity index (χ1n) is 4.41. The highest BCUT2D eigenvalue weighted by molar-refractivity contribution is 6.03. The maximum atomic E-state index is 12.7. The van der Waals surface area contributed by atoms with Crippen molar-refractivity contribution in [2.75, 3.05) is 7.11 Å². The smallest absolute Gasteiger partial charge is 0.123 e. The van der Waals surface area contributed by atoms with Crippen LogP contribution in [0.2, 0.25) is 0 Å². The second kappa shape index (κ2) is 5.43. The van der Waals surface area contributed by atoms with Crippen molar-refractivity contribution in [3.05, 3.63) is 35.6 Å². The highest BCUT2D eigenvalue weighted by atomic mass is 19.1. The first-order valence-corrected chi connectivity index (χ1v) is 4.41. The van der Waals surface area contributed by atoms with E-state index in [2.05, 4.69) is 14.8 Å². The van der Waals surface area contributed by atoms with Crippen molar-refractivity contribution in [1.29, 1.82) is 0 Å². The number of hydrogen-bond donors (Lipinski definition) is 1. The zero-order valence-corrected chi connectivity index (χ0v) is 8.61. The molecule has 0 aliphatic rings. The van der Waals surface area contributed by atoms with Gasteiger partial charge in [-0.1, -0.05) is 17.3 Å². The molecule has 0 saturated carbocycles. The first kappa shape index (κ1) is 11.6. The molecule has 5 heteroatoms. The fraction of sp³-hybridized carbons (Fsp3) is 0.300. The van der Waals surface area contributed by atoms with Crippen molar-refractivity contribution >= 4 is 5.71 Å². The molecule has 0 aliphatic heterocycles. The quantitative estimate of drug-likeness (QED) is 0.607. The van der Waals surface area contributed by atoms with E-state index in [-0.39, 0.29) is 5.82 Å². The van der Waals surface area contributed by atoms with Crippen LogP contribution in [0.4, 0.5) is 4.39 Å². The van der Waals surface area contributed by atoms with Crippen LogP contribution in [-0.4, -0.2) is 18.9 Å². The van der Waals surface area contributed by atoms with Crippen molar-refractivity contribution in [3.8, 4) is 0 Å². The highest BCUT2D eigenvalue weighted by Crippen LogP contribution is 2.08. The summed E-state index contributed by atoms with van der Waals surface area (Å²) in [4.78, 5) is 9.32. The van der Waals surface area contributed by atoms with Crippen LogP contribution in [0.1, 0.15) is 12.5 Å². The molecule has 1 unspecified atom stereocenters. The van der Waals surface area contributed by atoms with Gasteiger partial charge in [0.25, 0.3) is 0 Å². The Hall–Kier alpha value is -1.46. The van der Waals surface area contributed by atoms with Crippen LogP contribution < -0.4 is 5.90 Å². The van der Waals surface area contributed by atoms with E-state index in [0.717, 1.165) is 0 Å². The van der Waals surface area contributed by atoms with Gasteiger partial charge in [0, 0.05) is 5.56 Å². The molecule has 0 aliphatic carbocycles. The second-order valence-electron chi connectivity index (χ2n) is 2.94. The summed E-state index contributed by atoms with van der Waals surface area (Å²) < 4.78 is 12.7. The lowest BCUT2D eigenvalue weighted by atomic mass is 10.1. The zero-order valence-electron chi connectivity index (χ0n) is 8.61. The zero-order chi connectivity index (χ0) is 11.3. The number of halogens is 1. The molecule has 0 amide bonds. The predicted molar refractivity (Wildman–Crippen MR) is 54.7 cm³/mol. The minimum Gasteiger partial charge on any atom is -0.399 e. The topological polar surface area (TPSA) is 56.8 Å². The number of nitrogens with zero attached hydrogens (tertiary/aromatic N) is 1. The van der Waals surface area contributed by atoms with Crippen LogP contribution in [0.25, 0.3) is 0 Å². The molecule has 0 bridgehead atoms. The van der Waals surface area contributed by atoms with Crippen molar-refractivity contribution in [3.63, 3.8) is 0 Å². The third-order valence-corrected chi connectivity index (χ3v) is 1.92. The van der Waals surface area contributed by atoms with Crippen molar-refractivity contribution < 1.29 is 14.1 Å². The SMILES string of the molecule is CON=C(c1ccc(F)cc1)C(C)ON. The summed E-state index contributed by atoms with van der Waals surface area (Å²) in [6, 6.07) is 5.85. The molecule has 0 radical (unpaired) electrons. The standard InChI is InChI=1S/C10H13FN2O2/c1-7(15-12)10(13-14-2)8-3-5-9(11)6-4-8/h3-7H,12H2,1-2H3. The van der Waals surface area contributed by atoms with Crippen molar-refractivity contribution in [2.24, 2.45) is 11.1 Å². The Morgan fingerprint density at radius 3 is 2.47 bits per heavy atom. The van der Waals surface area contributed by atoms with E-state index in [4.69, 9.17) is 5.90 Å². The van der Waals surface area contributed by atoms with E-state index in [9.17, 15) is 4.39 Å². The molecule has 1 atom stereocenters. The van der Waals surface area contributed by atoms with Gasteiger partial charge in [-0.2, -0.15) is 0 Å². The molecule has 0 spiro atoms. The lowest BCUT2D eigenvalue weighted by Crippen LogP contribution is -2.25. The van der Waals surface area contributed by atoms with Gasteiger partial charge in [-0.15, -0.1) is 0 Å². The molecule has 0 fully saturated rings. The number of benzene rings is 1. The third-order valence-electron chi connectivity index (χ3n) is 1.92. The lowest BCUT2D eigenvalue weighted by molar-refractivity contribution is 0.107. The summed E-state index contributed by atoms with van der Waals surface area (Å²) in [6.07, 6.45) is -0.421. The normalized spacial score (nSPS) is 13.7. The number of hydrogen-bond acceptors (Lipinski definition) is 4. The van der Waals surface area contributed by atoms with E-state index in [0.29, 0.717) is 11.3 Å². The van der Waals surface area contributed by atoms with Gasteiger partial charge >= 0.3 is 0 Å². The van der Waals surface area contributed by atoms with Crippen LogP contribution in [0.15, 0.2) is 29.4 Å². The molecule has 4 nitrogen and oxygen atoms in total. The van der Waals surface area contributed by atoms with Gasteiger partial charge in [0.1, 0.15) is 24.7 Å². The molecular formula is C10H13FN2O2. The predicted octanol–water partition coefficient (Wildman–Crippen LogP) is 1.46. The summed E-state index contributed by atoms with van der Waals surface area (Å²) in [5.41, 5.74) is 1.22. The molecule has 82 valence electrons. The Kier molecular flexibility index (Phi) is 4.20. The Morgan fingerprint density at radius 1 is 1.40 bits per heavy atom. The summed E-state index contributed by atoms with van der Waals surface area (Å²) in [7, 11) is 1.42. The van der Waals surface area contributed by atoms with Crippen molar-refractivity contribution in [1.82, 2.24) is 0 Å². The van der Waals surface area contributed by atoms with Gasteiger partial charge in [-0.05, 0) is 19.1 Å². The minimum atomic E-state index is -0.421. The van der Waals surface area contributed by atoms with Crippen molar-refractivity contribution in [2.45, 2.75) is 13.0 Å². The van der Waals surface area contributed by atoms with Gasteiger partial charge in [0.2, 0.25) is 0 Å². The Labute approximate surface area is 87.4 Å². The van der Waals surface area contributed by atoms with Crippen LogP contribution in [0, 0.1) is 5.82 Å². The molecular weight excluding hydrogens is 199 g/mol. The van der Waals surface area contributed by atoms with Crippen LogP contribution in [-0.2, 0) is 9.68 Å². The monoisotopic (exact) mass is 212 g/mol. The second-order valence-corrected chi connectivity index (χ2v) is 2.94.